The summed E-state index contributed by atoms with van der Waals surface area (Å²) in [4.78, 5) is 2.59. The molecule has 0 unspecified atom stereocenters. The maximum absolute atomic E-state index is 2.59. The molecule has 1 saturated heterocycles. The molecular formula is C23H39N2+. The number of nitrogens with zero attached hydrogens (tertiary/aromatic N) is 2. The number of fused-ring (bicyclic) bond motifs is 3. The quantitative estimate of drug-likeness (QED) is 0.405. The van der Waals surface area contributed by atoms with E-state index in [1.54, 1.807) is 11.1 Å². The molecule has 2 nitrogen and oxygen atoms in total. The Labute approximate surface area is 155 Å². The van der Waals surface area contributed by atoms with Gasteiger partial charge >= 0.3 is 0 Å². The van der Waals surface area contributed by atoms with E-state index < -0.39 is 0 Å². The third kappa shape index (κ3) is 5.06. The van der Waals surface area contributed by atoms with Gasteiger partial charge in [0.15, 0.2) is 12.4 Å². The van der Waals surface area contributed by atoms with Crippen molar-refractivity contribution >= 4 is 0 Å². The van der Waals surface area contributed by atoms with Crippen molar-refractivity contribution in [3.05, 3.63) is 29.6 Å². The second kappa shape index (κ2) is 9.71. The molecule has 2 aliphatic rings. The molecule has 2 atom stereocenters. The largest absolute Gasteiger partial charge is 0.299 e. The van der Waals surface area contributed by atoms with E-state index in [1.165, 1.54) is 90.1 Å². The van der Waals surface area contributed by atoms with Gasteiger partial charge in [0.25, 0.3) is 0 Å². The van der Waals surface area contributed by atoms with Crippen LogP contribution in [0.3, 0.4) is 0 Å². The van der Waals surface area contributed by atoms with E-state index in [2.05, 4.69) is 41.9 Å². The fraction of sp³-hybridized carbons (Fsp3) is 0.783. The van der Waals surface area contributed by atoms with Crippen molar-refractivity contribution in [2.24, 2.45) is 5.92 Å². The fourth-order valence-electron chi connectivity index (χ4n) is 4.99. The van der Waals surface area contributed by atoms with Crippen LogP contribution in [-0.2, 0) is 13.0 Å². The molecule has 140 valence electrons. The molecule has 0 N–H and O–H groups in total. The zero-order valence-corrected chi connectivity index (χ0v) is 16.7. The minimum Gasteiger partial charge on any atom is -0.299 e. The fourth-order valence-corrected chi connectivity index (χ4v) is 4.99. The summed E-state index contributed by atoms with van der Waals surface area (Å²) in [5.41, 5.74) is 3.24. The number of aromatic nitrogens is 1. The molecule has 1 aromatic rings. The van der Waals surface area contributed by atoms with E-state index in [-0.39, 0.29) is 0 Å². The SMILES string of the molecule is CCCCCCCCCCC[n+]1ccc2c(c1)[C@H]1[C@@H](CC2)CCN1C. The molecule has 1 aliphatic carbocycles. The first kappa shape index (κ1) is 18.9. The molecule has 1 aliphatic heterocycles. The van der Waals surface area contributed by atoms with Crippen molar-refractivity contribution in [1.82, 2.24) is 4.90 Å². The van der Waals surface area contributed by atoms with Gasteiger partial charge in [-0.1, -0.05) is 51.9 Å². The Morgan fingerprint density at radius 2 is 1.72 bits per heavy atom. The Morgan fingerprint density at radius 3 is 2.48 bits per heavy atom. The van der Waals surface area contributed by atoms with Crippen LogP contribution in [0, 0.1) is 5.92 Å². The van der Waals surface area contributed by atoms with Crippen LogP contribution in [0.4, 0.5) is 0 Å². The molecule has 0 saturated carbocycles. The zero-order chi connectivity index (χ0) is 17.5. The van der Waals surface area contributed by atoms with E-state index in [0.717, 1.165) is 5.92 Å². The van der Waals surface area contributed by atoms with E-state index in [4.69, 9.17) is 0 Å². The van der Waals surface area contributed by atoms with Gasteiger partial charge in [-0.25, -0.2) is 4.57 Å². The van der Waals surface area contributed by atoms with Crippen molar-refractivity contribution in [3.63, 3.8) is 0 Å². The summed E-state index contributed by atoms with van der Waals surface area (Å²) in [6.45, 7) is 4.77. The van der Waals surface area contributed by atoms with Crippen LogP contribution < -0.4 is 4.57 Å². The Kier molecular flexibility index (Phi) is 7.34. The van der Waals surface area contributed by atoms with Gasteiger partial charge in [0, 0.05) is 24.1 Å². The molecule has 0 amide bonds. The Morgan fingerprint density at radius 1 is 1.00 bits per heavy atom. The lowest BCUT2D eigenvalue weighted by Gasteiger charge is -2.30. The number of hydrogen-bond donors (Lipinski definition) is 0. The minimum absolute atomic E-state index is 0.694. The van der Waals surface area contributed by atoms with Gasteiger partial charge in [0.1, 0.15) is 6.54 Å². The average Bonchev–Trinajstić information content (AvgIpc) is 3.02. The highest BCUT2D eigenvalue weighted by molar-refractivity contribution is 5.29. The van der Waals surface area contributed by atoms with Gasteiger partial charge in [-0.15, -0.1) is 0 Å². The summed E-state index contributed by atoms with van der Waals surface area (Å²) in [5.74, 6) is 0.904. The molecular weight excluding hydrogens is 304 g/mol. The molecule has 0 radical (unpaired) electrons. The smallest absolute Gasteiger partial charge is 0.173 e. The van der Waals surface area contributed by atoms with Crippen LogP contribution in [0.1, 0.15) is 94.7 Å². The van der Waals surface area contributed by atoms with Gasteiger partial charge in [-0.2, -0.15) is 0 Å². The molecule has 1 fully saturated rings. The maximum atomic E-state index is 2.59. The molecule has 0 aromatic carbocycles. The highest BCUT2D eigenvalue weighted by Crippen LogP contribution is 2.43. The Bertz CT molecular complexity index is 525. The molecule has 2 heteroatoms. The van der Waals surface area contributed by atoms with Crippen molar-refractivity contribution in [3.8, 4) is 0 Å². The van der Waals surface area contributed by atoms with Gasteiger partial charge in [-0.3, -0.25) is 4.90 Å². The molecule has 2 heterocycles. The third-order valence-electron chi connectivity index (χ3n) is 6.54. The summed E-state index contributed by atoms with van der Waals surface area (Å²) < 4.78 is 2.47. The Hall–Kier alpha value is -0.890. The number of hydrogen-bond acceptors (Lipinski definition) is 1. The summed E-state index contributed by atoms with van der Waals surface area (Å²) in [5, 5.41) is 0. The van der Waals surface area contributed by atoms with Gasteiger partial charge in [0.05, 0.1) is 0 Å². The van der Waals surface area contributed by atoms with Crippen LogP contribution in [-0.4, -0.2) is 18.5 Å². The van der Waals surface area contributed by atoms with Gasteiger partial charge in [0.2, 0.25) is 0 Å². The number of rotatable bonds is 10. The lowest BCUT2D eigenvalue weighted by Crippen LogP contribution is -2.37. The lowest BCUT2D eigenvalue weighted by molar-refractivity contribution is -0.698. The summed E-state index contributed by atoms with van der Waals surface area (Å²) in [7, 11) is 2.32. The monoisotopic (exact) mass is 343 g/mol. The second-order valence-electron chi connectivity index (χ2n) is 8.50. The second-order valence-corrected chi connectivity index (χ2v) is 8.50. The first-order chi connectivity index (χ1) is 12.3. The zero-order valence-electron chi connectivity index (χ0n) is 16.7. The van der Waals surface area contributed by atoms with Crippen molar-refractivity contribution in [1.29, 1.82) is 0 Å². The minimum atomic E-state index is 0.694. The first-order valence-corrected chi connectivity index (χ1v) is 11.0. The molecule has 1 aromatic heterocycles. The predicted octanol–water partition coefficient (Wildman–Crippen LogP) is 5.44. The van der Waals surface area contributed by atoms with Crippen LogP contribution in [0.2, 0.25) is 0 Å². The molecule has 3 rings (SSSR count). The number of likely N-dealkylation sites (tertiary alicyclic amines) is 1. The van der Waals surface area contributed by atoms with E-state index in [1.807, 2.05) is 0 Å². The van der Waals surface area contributed by atoms with Crippen LogP contribution in [0.15, 0.2) is 18.5 Å². The normalized spacial score (nSPS) is 22.8. The van der Waals surface area contributed by atoms with Crippen LogP contribution >= 0.6 is 0 Å². The Balaban J connectivity index is 1.41. The lowest BCUT2D eigenvalue weighted by atomic mass is 9.81. The standard InChI is InChI=1S/C23H39N2/c1-3-4-5-6-7-8-9-10-11-16-25-18-15-20-12-13-21-14-17-24(2)23(21)22(20)19-25/h15,18-19,21,23H,3-14,16-17H2,1-2H3/q+1/t21-,23+/m0/s1. The van der Waals surface area contributed by atoms with Gasteiger partial charge < -0.3 is 0 Å². The van der Waals surface area contributed by atoms with Crippen LogP contribution in [0.25, 0.3) is 0 Å². The molecule has 0 spiro atoms. The van der Waals surface area contributed by atoms with Crippen molar-refractivity contribution in [2.45, 2.75) is 96.6 Å². The number of unbranched alkanes of at least 4 members (excludes halogenated alkanes) is 8. The summed E-state index contributed by atoms with van der Waals surface area (Å²) >= 11 is 0. The third-order valence-corrected chi connectivity index (χ3v) is 6.54. The number of aryl methyl sites for hydroxylation is 2. The summed E-state index contributed by atoms with van der Waals surface area (Å²) in [6, 6.07) is 3.10. The van der Waals surface area contributed by atoms with E-state index >= 15 is 0 Å². The van der Waals surface area contributed by atoms with Gasteiger partial charge in [-0.05, 0) is 50.8 Å². The van der Waals surface area contributed by atoms with E-state index in [0.29, 0.717) is 6.04 Å². The molecule has 25 heavy (non-hydrogen) atoms. The van der Waals surface area contributed by atoms with Crippen molar-refractivity contribution < 1.29 is 4.57 Å². The number of pyridine rings is 1. The summed E-state index contributed by atoms with van der Waals surface area (Å²) in [6.07, 6.45) is 21.6. The first-order valence-electron chi connectivity index (χ1n) is 11.0. The molecule has 0 bridgehead atoms. The highest BCUT2D eigenvalue weighted by atomic mass is 15.2. The predicted molar refractivity (Wildman–Crippen MR) is 106 cm³/mol. The maximum Gasteiger partial charge on any atom is 0.173 e. The highest BCUT2D eigenvalue weighted by Gasteiger charge is 2.38. The van der Waals surface area contributed by atoms with E-state index in [9.17, 15) is 0 Å². The van der Waals surface area contributed by atoms with Crippen molar-refractivity contribution in [2.75, 3.05) is 13.6 Å². The average molecular weight is 344 g/mol. The topological polar surface area (TPSA) is 7.12 Å². The van der Waals surface area contributed by atoms with Crippen LogP contribution in [0.5, 0.6) is 0 Å².